The van der Waals surface area contributed by atoms with E-state index < -0.39 is 54.1 Å². The number of hydrogen-bond acceptors (Lipinski definition) is 8. The summed E-state index contributed by atoms with van der Waals surface area (Å²) in [6, 6.07) is 0. The number of halogens is 6. The normalized spacial score (nSPS) is 46.9. The van der Waals surface area contributed by atoms with E-state index >= 15 is 0 Å². The van der Waals surface area contributed by atoms with Crippen molar-refractivity contribution in [3.05, 3.63) is 48.6 Å². The smallest absolute Gasteiger partial charge is 0.201 e. The number of rotatable bonds is 4. The third-order valence-corrected chi connectivity index (χ3v) is 14.6. The first-order valence-corrected chi connectivity index (χ1v) is 22.5. The maximum Gasteiger partial charge on any atom is 0.201 e. The lowest BCUT2D eigenvalue weighted by atomic mass is 9.65. The Labute approximate surface area is 363 Å². The van der Waals surface area contributed by atoms with Gasteiger partial charge in [-0.2, -0.15) is 0 Å². The van der Waals surface area contributed by atoms with Crippen LogP contribution in [0.15, 0.2) is 48.6 Å². The molecule has 0 aromatic carbocycles. The van der Waals surface area contributed by atoms with Crippen LogP contribution in [0.1, 0.15) is 130 Å². The van der Waals surface area contributed by atoms with Crippen molar-refractivity contribution in [2.75, 3.05) is 0 Å². The van der Waals surface area contributed by atoms with E-state index in [2.05, 4.69) is 26.3 Å². The van der Waals surface area contributed by atoms with E-state index in [1.807, 2.05) is 27.7 Å². The van der Waals surface area contributed by atoms with Gasteiger partial charge in [0.15, 0.2) is 20.2 Å². The van der Waals surface area contributed by atoms with Gasteiger partial charge in [-0.3, -0.25) is 0 Å². The molecule has 56 heavy (non-hydrogen) atoms. The molecule has 4 spiro atoms. The van der Waals surface area contributed by atoms with Gasteiger partial charge in [0, 0.05) is 25.7 Å². The summed E-state index contributed by atoms with van der Waals surface area (Å²) in [5, 5.41) is 45.5. The molecule has 0 aromatic rings. The van der Waals surface area contributed by atoms with E-state index in [1.54, 1.807) is 0 Å². The number of hydrogen-bond donors (Lipinski definition) is 4. The molecule has 4 N–H and O–H groups in total. The molecule has 0 aromatic heterocycles. The molecule has 4 saturated carbocycles. The second-order valence-corrected chi connectivity index (χ2v) is 22.1. The second kappa shape index (κ2) is 16.9. The van der Waals surface area contributed by atoms with Crippen LogP contribution in [0.4, 0.5) is 0 Å². The Balaban J connectivity index is 0.000000180. The summed E-state index contributed by atoms with van der Waals surface area (Å²) >= 11 is 28.8. The van der Waals surface area contributed by atoms with Gasteiger partial charge < -0.3 is 39.4 Å². The van der Waals surface area contributed by atoms with Crippen LogP contribution in [0.25, 0.3) is 0 Å². The van der Waals surface area contributed by atoms with Crippen molar-refractivity contribution in [3.63, 3.8) is 0 Å². The number of alkyl halides is 6. The van der Waals surface area contributed by atoms with Crippen LogP contribution < -0.4 is 0 Å². The minimum atomic E-state index is -1.32. The molecule has 4 aliphatic heterocycles. The van der Waals surface area contributed by atoms with E-state index in [9.17, 15) is 20.4 Å². The quantitative estimate of drug-likeness (QED) is 0.163. The molecule has 8 nitrogen and oxygen atoms in total. The van der Waals surface area contributed by atoms with Crippen molar-refractivity contribution in [3.8, 4) is 0 Å². The zero-order valence-corrected chi connectivity index (χ0v) is 37.8. The van der Waals surface area contributed by atoms with E-state index in [0.717, 1.165) is 60.8 Å². The summed E-state index contributed by atoms with van der Waals surface area (Å²) in [6.07, 6.45) is 11.3. The Bertz CT molecular complexity index is 1420. The lowest BCUT2D eigenvalue weighted by Crippen LogP contribution is -2.63. The van der Waals surface area contributed by atoms with Crippen molar-refractivity contribution in [1.29, 1.82) is 0 Å². The van der Waals surface area contributed by atoms with Crippen molar-refractivity contribution in [1.82, 2.24) is 0 Å². The molecule has 4 heterocycles. The van der Waals surface area contributed by atoms with E-state index in [-0.39, 0.29) is 23.7 Å². The molecule has 0 unspecified atom stereocenters. The van der Waals surface area contributed by atoms with Gasteiger partial charge in [-0.25, -0.2) is 0 Å². The Hall–Kier alpha value is 0.380. The van der Waals surface area contributed by atoms with Gasteiger partial charge in [-0.1, -0.05) is 118 Å². The number of aliphatic hydroxyl groups is 4. The third-order valence-electron chi connectivity index (χ3n) is 14.6. The predicted molar refractivity (Wildman–Crippen MR) is 225 cm³/mol. The Kier molecular flexibility index (Phi) is 14.3. The molecule has 14 heteroatoms. The highest BCUT2D eigenvalue weighted by Crippen LogP contribution is 2.67. The number of allylic oxidation sites excluding steroid dienone is 4. The van der Waals surface area contributed by atoms with Gasteiger partial charge in [0.25, 0.3) is 0 Å². The molecular weight excluding hydrogens is 845 g/mol. The summed E-state index contributed by atoms with van der Waals surface area (Å²) in [7, 11) is 0. The highest BCUT2D eigenvalue weighted by molar-refractivity contribution is 6.63. The highest BCUT2D eigenvalue weighted by atomic mass is 35.6. The van der Waals surface area contributed by atoms with Gasteiger partial charge in [-0.05, 0) is 128 Å². The second-order valence-electron chi connectivity index (χ2n) is 18.2. The predicted octanol–water partition coefficient (Wildman–Crippen LogP) is 10.8. The van der Waals surface area contributed by atoms with Crippen molar-refractivity contribution >= 4 is 69.6 Å². The summed E-state index contributed by atoms with van der Waals surface area (Å²) in [6.45, 7) is 24.4. The van der Waals surface area contributed by atoms with Crippen LogP contribution in [0.2, 0.25) is 0 Å². The van der Waals surface area contributed by atoms with Crippen molar-refractivity contribution in [2.24, 2.45) is 23.7 Å². The first kappa shape index (κ1) is 47.4. The average molecular weight is 908 g/mol. The standard InChI is InChI=1S/2C20H30O4.2CHCl3/c2*1-13(2)15-6-8-18-10-9-17(21)7-5-16(14(3)4)12-20(17,23-18)24-19(18,22)11-15;2*2-1(3)4/h2*15-16,21-22H,1,3,5-12H2,2,4H3;2*1H/t2*15-,16-,17-,18+,19+,20+;;/m11../s1. The van der Waals surface area contributed by atoms with Gasteiger partial charge in [-0.15, -0.1) is 0 Å². The Morgan fingerprint density at radius 1 is 0.446 bits per heavy atom. The fourth-order valence-electron chi connectivity index (χ4n) is 11.1. The molecule has 8 aliphatic rings. The Morgan fingerprint density at radius 3 is 1.00 bits per heavy atom. The molecule has 4 bridgehead atoms. The maximum absolute atomic E-state index is 11.4. The summed E-state index contributed by atoms with van der Waals surface area (Å²) in [5.41, 5.74) is 0.995. The van der Waals surface area contributed by atoms with Gasteiger partial charge >= 0.3 is 0 Å². The molecular formula is C42H62Cl6O8. The lowest BCUT2D eigenvalue weighted by Gasteiger charge is -2.53. The minimum Gasteiger partial charge on any atom is -0.384 e. The summed E-state index contributed by atoms with van der Waals surface area (Å²) < 4.78 is 24.2. The van der Waals surface area contributed by atoms with Crippen LogP contribution in [0.5, 0.6) is 0 Å². The van der Waals surface area contributed by atoms with E-state index in [1.165, 1.54) is 0 Å². The minimum absolute atomic E-state index is 0.244. The van der Waals surface area contributed by atoms with E-state index in [4.69, 9.17) is 88.6 Å². The first-order chi connectivity index (χ1) is 25.8. The SMILES string of the molecule is C=C(C)[C@@H]1CC[C@@]2(O)CC[C@@]34CC[C@@H](C(=C)C)C[C@]3(O)O[C@]2(C1)O4.C=C(C)[C@@H]1CC[C@@]2(O)CC[C@@]34CC[C@@H](C(=C)C)C[C@]3(O)O[C@]2(C1)O4.ClC(Cl)Cl.ClC(Cl)Cl. The van der Waals surface area contributed by atoms with Crippen LogP contribution >= 0.6 is 69.6 Å². The summed E-state index contributed by atoms with van der Waals surface area (Å²) in [4.78, 5) is 0. The van der Waals surface area contributed by atoms with Crippen LogP contribution in [-0.4, -0.2) is 74.6 Å². The Morgan fingerprint density at radius 2 is 0.714 bits per heavy atom. The van der Waals surface area contributed by atoms with Crippen molar-refractivity contribution < 1.29 is 39.4 Å². The van der Waals surface area contributed by atoms with Crippen molar-refractivity contribution in [2.45, 2.75) is 185 Å². The van der Waals surface area contributed by atoms with Gasteiger partial charge in [0.2, 0.25) is 11.6 Å². The van der Waals surface area contributed by atoms with Crippen LogP contribution in [-0.2, 0) is 18.9 Å². The summed E-state index contributed by atoms with van der Waals surface area (Å²) in [5.74, 6) is -3.81. The highest BCUT2D eigenvalue weighted by Gasteiger charge is 2.78. The third kappa shape index (κ3) is 8.58. The topological polar surface area (TPSA) is 118 Å². The molecule has 0 radical (unpaired) electrons. The molecule has 0 amide bonds. The van der Waals surface area contributed by atoms with Crippen LogP contribution in [0, 0.1) is 23.7 Å². The zero-order valence-electron chi connectivity index (χ0n) is 33.3. The monoisotopic (exact) mass is 904 g/mol. The zero-order chi connectivity index (χ0) is 41.9. The molecule has 8 fully saturated rings. The molecule has 4 saturated heterocycles. The van der Waals surface area contributed by atoms with Gasteiger partial charge in [0.05, 0.1) is 0 Å². The molecule has 8 rings (SSSR count). The average Bonchev–Trinajstić information content (AvgIpc) is 3.44. The first-order valence-electron chi connectivity index (χ1n) is 19.9. The molecule has 4 aliphatic carbocycles. The van der Waals surface area contributed by atoms with Crippen LogP contribution in [0.3, 0.4) is 0 Å². The van der Waals surface area contributed by atoms with E-state index in [0.29, 0.717) is 64.2 Å². The molecule has 320 valence electrons. The largest absolute Gasteiger partial charge is 0.384 e. The fourth-order valence-corrected chi connectivity index (χ4v) is 11.1. The maximum atomic E-state index is 11.4. The lowest BCUT2D eigenvalue weighted by molar-refractivity contribution is -0.339. The fraction of sp³-hybridized carbons (Fsp3) is 0.810. The van der Waals surface area contributed by atoms with Gasteiger partial charge in [0.1, 0.15) is 22.4 Å². The number of ether oxygens (including phenoxy) is 4. The molecule has 12 atom stereocenters.